The topological polar surface area (TPSA) is 35.5 Å². The number of benzene rings is 1. The summed E-state index contributed by atoms with van der Waals surface area (Å²) in [4.78, 5) is 2.51. The monoisotopic (exact) mass is 234 g/mol. The van der Waals surface area contributed by atoms with E-state index in [-0.39, 0.29) is 0 Å². The van der Waals surface area contributed by atoms with Gasteiger partial charge in [-0.15, -0.1) is 0 Å². The predicted molar refractivity (Wildman–Crippen MR) is 71.5 cm³/mol. The Morgan fingerprint density at radius 2 is 2.00 bits per heavy atom. The zero-order chi connectivity index (χ0) is 12.1. The van der Waals surface area contributed by atoms with Crippen LogP contribution in [0.3, 0.4) is 0 Å². The number of aromatic hydroxyl groups is 1. The van der Waals surface area contributed by atoms with Crippen LogP contribution in [-0.2, 0) is 0 Å². The normalized spacial score (nSPS) is 22.1. The molecule has 0 saturated carbocycles. The van der Waals surface area contributed by atoms with Gasteiger partial charge >= 0.3 is 0 Å². The summed E-state index contributed by atoms with van der Waals surface area (Å²) in [6.45, 7) is 5.80. The Morgan fingerprint density at radius 3 is 2.71 bits per heavy atom. The Bertz CT molecular complexity index is 337. The van der Waals surface area contributed by atoms with Crippen molar-refractivity contribution in [1.29, 1.82) is 0 Å². The lowest BCUT2D eigenvalue weighted by Gasteiger charge is -2.19. The molecule has 3 nitrogen and oxygen atoms in total. The maximum Gasteiger partial charge on any atom is 0.115 e. The molecule has 17 heavy (non-hydrogen) atoms. The van der Waals surface area contributed by atoms with E-state index in [1.54, 1.807) is 12.1 Å². The van der Waals surface area contributed by atoms with Crippen LogP contribution >= 0.6 is 0 Å². The first-order chi connectivity index (χ1) is 8.28. The maximum atomic E-state index is 9.24. The van der Waals surface area contributed by atoms with Crippen molar-refractivity contribution in [1.82, 2.24) is 4.90 Å². The van der Waals surface area contributed by atoms with Crippen molar-refractivity contribution in [3.8, 4) is 5.75 Å². The molecule has 0 radical (unpaired) electrons. The summed E-state index contributed by atoms with van der Waals surface area (Å²) < 4.78 is 0. The summed E-state index contributed by atoms with van der Waals surface area (Å²) in [5, 5.41) is 12.8. The molecule has 0 spiro atoms. The van der Waals surface area contributed by atoms with E-state index in [2.05, 4.69) is 17.1 Å². The average molecular weight is 234 g/mol. The molecule has 1 aromatic rings. The summed E-state index contributed by atoms with van der Waals surface area (Å²) in [6, 6.07) is 7.92. The SMILES string of the molecule is CCN1CCCC(Nc2ccc(O)cc2)CC1. The van der Waals surface area contributed by atoms with Crippen molar-refractivity contribution in [2.24, 2.45) is 0 Å². The van der Waals surface area contributed by atoms with E-state index in [1.165, 1.54) is 32.4 Å². The lowest BCUT2D eigenvalue weighted by Crippen LogP contribution is -2.26. The van der Waals surface area contributed by atoms with Crippen LogP contribution in [0.15, 0.2) is 24.3 Å². The van der Waals surface area contributed by atoms with Gasteiger partial charge in [-0.2, -0.15) is 0 Å². The molecule has 1 unspecified atom stereocenters. The summed E-state index contributed by atoms with van der Waals surface area (Å²) in [5.41, 5.74) is 1.11. The van der Waals surface area contributed by atoms with E-state index in [1.807, 2.05) is 12.1 Å². The van der Waals surface area contributed by atoms with Crippen LogP contribution in [-0.4, -0.2) is 35.7 Å². The third-order valence-corrected chi connectivity index (χ3v) is 3.51. The minimum atomic E-state index is 0.327. The summed E-state index contributed by atoms with van der Waals surface area (Å²) in [5.74, 6) is 0.327. The third-order valence-electron chi connectivity index (χ3n) is 3.51. The van der Waals surface area contributed by atoms with Gasteiger partial charge in [-0.05, 0) is 56.6 Å². The fourth-order valence-corrected chi connectivity index (χ4v) is 2.41. The highest BCUT2D eigenvalue weighted by Gasteiger charge is 2.15. The molecule has 1 atom stereocenters. The van der Waals surface area contributed by atoms with E-state index >= 15 is 0 Å². The first-order valence-electron chi connectivity index (χ1n) is 6.56. The second-order valence-electron chi connectivity index (χ2n) is 4.75. The number of likely N-dealkylation sites (tertiary alicyclic amines) is 1. The molecule has 2 rings (SSSR count). The number of nitrogens with one attached hydrogen (secondary N) is 1. The van der Waals surface area contributed by atoms with Crippen LogP contribution in [0.25, 0.3) is 0 Å². The molecule has 0 bridgehead atoms. The van der Waals surface area contributed by atoms with E-state index in [9.17, 15) is 5.11 Å². The Kier molecular flexibility index (Phi) is 4.26. The molecule has 0 aliphatic carbocycles. The van der Waals surface area contributed by atoms with Crippen molar-refractivity contribution in [3.05, 3.63) is 24.3 Å². The highest BCUT2D eigenvalue weighted by Crippen LogP contribution is 2.19. The number of anilines is 1. The zero-order valence-corrected chi connectivity index (χ0v) is 10.5. The Balaban J connectivity index is 1.88. The van der Waals surface area contributed by atoms with Crippen LogP contribution in [0.2, 0.25) is 0 Å². The molecule has 1 fully saturated rings. The summed E-state index contributed by atoms with van der Waals surface area (Å²) >= 11 is 0. The minimum Gasteiger partial charge on any atom is -0.508 e. The number of phenols is 1. The van der Waals surface area contributed by atoms with Gasteiger partial charge in [-0.3, -0.25) is 0 Å². The van der Waals surface area contributed by atoms with Crippen LogP contribution in [0.5, 0.6) is 5.75 Å². The highest BCUT2D eigenvalue weighted by atomic mass is 16.3. The van der Waals surface area contributed by atoms with E-state index in [0.29, 0.717) is 11.8 Å². The number of phenolic OH excluding ortho intramolecular Hbond substituents is 1. The van der Waals surface area contributed by atoms with Gasteiger partial charge in [-0.25, -0.2) is 0 Å². The molecule has 1 aromatic carbocycles. The standard InChI is InChI=1S/C14H22N2O/c1-2-16-10-3-4-12(9-11-16)15-13-5-7-14(17)8-6-13/h5-8,12,15,17H,2-4,9-11H2,1H3. The van der Waals surface area contributed by atoms with Crippen LogP contribution in [0.4, 0.5) is 5.69 Å². The second kappa shape index (κ2) is 5.92. The van der Waals surface area contributed by atoms with Gasteiger partial charge in [-0.1, -0.05) is 6.92 Å². The van der Waals surface area contributed by atoms with Crippen molar-refractivity contribution in [3.63, 3.8) is 0 Å². The molecule has 2 N–H and O–H groups in total. The van der Waals surface area contributed by atoms with Crippen molar-refractivity contribution in [2.75, 3.05) is 25.0 Å². The number of nitrogens with zero attached hydrogens (tertiary/aromatic N) is 1. The Labute approximate surface area is 103 Å². The molecule has 3 heteroatoms. The predicted octanol–water partition coefficient (Wildman–Crippen LogP) is 2.68. The fourth-order valence-electron chi connectivity index (χ4n) is 2.41. The quantitative estimate of drug-likeness (QED) is 0.789. The van der Waals surface area contributed by atoms with E-state index < -0.39 is 0 Å². The van der Waals surface area contributed by atoms with Gasteiger partial charge in [0.1, 0.15) is 5.75 Å². The van der Waals surface area contributed by atoms with Crippen LogP contribution in [0.1, 0.15) is 26.2 Å². The number of hydrogen-bond donors (Lipinski definition) is 2. The molecule has 1 saturated heterocycles. The van der Waals surface area contributed by atoms with Gasteiger partial charge < -0.3 is 15.3 Å². The van der Waals surface area contributed by atoms with Crippen molar-refractivity contribution in [2.45, 2.75) is 32.2 Å². The largest absolute Gasteiger partial charge is 0.508 e. The van der Waals surface area contributed by atoms with Crippen molar-refractivity contribution < 1.29 is 5.11 Å². The Morgan fingerprint density at radius 1 is 1.24 bits per heavy atom. The Hall–Kier alpha value is -1.22. The van der Waals surface area contributed by atoms with Gasteiger partial charge in [0.05, 0.1) is 0 Å². The van der Waals surface area contributed by atoms with E-state index in [0.717, 1.165) is 12.2 Å². The van der Waals surface area contributed by atoms with E-state index in [4.69, 9.17) is 0 Å². The molecule has 1 aliphatic rings. The molecular weight excluding hydrogens is 212 g/mol. The second-order valence-corrected chi connectivity index (χ2v) is 4.75. The molecule has 0 amide bonds. The molecular formula is C14H22N2O. The molecule has 0 aromatic heterocycles. The lowest BCUT2D eigenvalue weighted by atomic mass is 10.1. The molecule has 1 aliphatic heterocycles. The first kappa shape index (κ1) is 12.2. The summed E-state index contributed by atoms with van der Waals surface area (Å²) in [6.07, 6.45) is 3.70. The van der Waals surface area contributed by atoms with Gasteiger partial charge in [0.15, 0.2) is 0 Å². The van der Waals surface area contributed by atoms with Gasteiger partial charge in [0.2, 0.25) is 0 Å². The minimum absolute atomic E-state index is 0.327. The van der Waals surface area contributed by atoms with Crippen LogP contribution in [0, 0.1) is 0 Å². The fraction of sp³-hybridized carbons (Fsp3) is 0.571. The zero-order valence-electron chi connectivity index (χ0n) is 10.5. The van der Waals surface area contributed by atoms with Crippen molar-refractivity contribution >= 4 is 5.69 Å². The first-order valence-corrected chi connectivity index (χ1v) is 6.56. The summed E-state index contributed by atoms with van der Waals surface area (Å²) in [7, 11) is 0. The highest BCUT2D eigenvalue weighted by molar-refractivity contribution is 5.46. The number of rotatable bonds is 3. The molecule has 94 valence electrons. The van der Waals surface area contributed by atoms with Gasteiger partial charge in [0, 0.05) is 18.3 Å². The number of hydrogen-bond acceptors (Lipinski definition) is 3. The van der Waals surface area contributed by atoms with Gasteiger partial charge in [0.25, 0.3) is 0 Å². The smallest absolute Gasteiger partial charge is 0.115 e. The average Bonchev–Trinajstić information content (AvgIpc) is 2.57. The lowest BCUT2D eigenvalue weighted by molar-refractivity contribution is 0.300. The molecule has 1 heterocycles. The van der Waals surface area contributed by atoms with Crippen LogP contribution < -0.4 is 5.32 Å². The third kappa shape index (κ3) is 3.63. The maximum absolute atomic E-state index is 9.24.